The Bertz CT molecular complexity index is 653. The van der Waals surface area contributed by atoms with Gasteiger partial charge in [0.05, 0.1) is 24.5 Å². The molecule has 3 rings (SSSR count). The van der Waals surface area contributed by atoms with Crippen LogP contribution >= 0.6 is 0 Å². The second kappa shape index (κ2) is 6.46. The van der Waals surface area contributed by atoms with E-state index in [2.05, 4.69) is 15.2 Å². The molecule has 2 aromatic heterocycles. The van der Waals surface area contributed by atoms with Crippen LogP contribution in [0.2, 0.25) is 0 Å². The minimum absolute atomic E-state index is 0.0209. The molecule has 22 heavy (non-hydrogen) atoms. The Labute approximate surface area is 127 Å². The van der Waals surface area contributed by atoms with Gasteiger partial charge in [0.2, 0.25) is 0 Å². The highest BCUT2D eigenvalue weighted by Crippen LogP contribution is 2.20. The fraction of sp³-hybridized carbons (Fsp3) is 0.333. The van der Waals surface area contributed by atoms with Crippen LogP contribution in [0.25, 0.3) is 0 Å². The van der Waals surface area contributed by atoms with Gasteiger partial charge in [-0.05, 0) is 31.0 Å². The molecular formula is C15H15FN4O2. The quantitative estimate of drug-likeness (QED) is 0.863. The third-order valence-electron chi connectivity index (χ3n) is 3.50. The molecule has 1 saturated heterocycles. The van der Waals surface area contributed by atoms with Crippen LogP contribution in [-0.4, -0.2) is 45.2 Å². The van der Waals surface area contributed by atoms with Crippen LogP contribution in [0.4, 0.5) is 4.39 Å². The minimum Gasteiger partial charge on any atom is -0.470 e. The lowest BCUT2D eigenvalue weighted by Gasteiger charge is -2.32. The van der Waals surface area contributed by atoms with Gasteiger partial charge in [-0.3, -0.25) is 4.79 Å². The molecule has 6 nitrogen and oxygen atoms in total. The standard InChI is InChI=1S/C15H15FN4O2/c16-13-4-1-6-17-14(13)22-12-3-2-8-20(10-12)15(21)11-5-7-18-19-9-11/h1,4-7,9,12H,2-3,8,10H2/t12-/m1/s1. The number of pyridine rings is 1. The Hall–Kier alpha value is -2.57. The number of nitrogens with zero attached hydrogens (tertiary/aromatic N) is 4. The average molecular weight is 302 g/mol. The molecule has 114 valence electrons. The number of piperidine rings is 1. The molecule has 7 heteroatoms. The van der Waals surface area contributed by atoms with Crippen molar-refractivity contribution in [2.75, 3.05) is 13.1 Å². The van der Waals surface area contributed by atoms with Crippen molar-refractivity contribution in [3.05, 3.63) is 48.2 Å². The molecule has 2 aromatic rings. The molecule has 0 aliphatic carbocycles. The van der Waals surface area contributed by atoms with E-state index in [1.54, 1.807) is 11.0 Å². The number of carbonyl (C=O) groups excluding carboxylic acids is 1. The number of rotatable bonds is 3. The minimum atomic E-state index is -0.496. The first-order chi connectivity index (χ1) is 10.7. The molecule has 0 spiro atoms. The molecule has 0 bridgehead atoms. The number of ether oxygens (including phenoxy) is 1. The Balaban J connectivity index is 1.67. The van der Waals surface area contributed by atoms with Crippen molar-refractivity contribution in [2.24, 2.45) is 0 Å². The van der Waals surface area contributed by atoms with Crippen molar-refractivity contribution in [3.63, 3.8) is 0 Å². The van der Waals surface area contributed by atoms with Gasteiger partial charge in [-0.1, -0.05) is 0 Å². The zero-order valence-corrected chi connectivity index (χ0v) is 11.9. The molecule has 0 radical (unpaired) electrons. The molecule has 0 N–H and O–H groups in total. The molecule has 1 aliphatic heterocycles. The van der Waals surface area contributed by atoms with Crippen LogP contribution in [0.15, 0.2) is 36.8 Å². The van der Waals surface area contributed by atoms with Gasteiger partial charge in [0.15, 0.2) is 5.82 Å². The summed E-state index contributed by atoms with van der Waals surface area (Å²) in [6.07, 6.45) is 5.68. The highest BCUT2D eigenvalue weighted by atomic mass is 19.1. The van der Waals surface area contributed by atoms with E-state index in [1.165, 1.54) is 30.7 Å². The molecule has 3 heterocycles. The van der Waals surface area contributed by atoms with Gasteiger partial charge in [-0.25, -0.2) is 9.37 Å². The van der Waals surface area contributed by atoms with E-state index in [4.69, 9.17) is 4.74 Å². The second-order valence-corrected chi connectivity index (χ2v) is 5.05. The van der Waals surface area contributed by atoms with E-state index in [0.29, 0.717) is 18.7 Å². The first-order valence-electron chi connectivity index (χ1n) is 7.07. The van der Waals surface area contributed by atoms with Gasteiger partial charge in [0.1, 0.15) is 6.10 Å². The predicted octanol–water partition coefficient (Wildman–Crippen LogP) is 1.69. The van der Waals surface area contributed by atoms with Gasteiger partial charge in [-0.15, -0.1) is 0 Å². The van der Waals surface area contributed by atoms with E-state index in [-0.39, 0.29) is 17.9 Å². The highest BCUT2D eigenvalue weighted by molar-refractivity contribution is 5.93. The molecule has 1 amide bonds. The Kier molecular flexibility index (Phi) is 4.22. The van der Waals surface area contributed by atoms with Crippen LogP contribution in [-0.2, 0) is 0 Å². The number of hydrogen-bond acceptors (Lipinski definition) is 5. The van der Waals surface area contributed by atoms with Crippen LogP contribution in [0.1, 0.15) is 23.2 Å². The molecule has 0 saturated carbocycles. The smallest absolute Gasteiger partial charge is 0.255 e. The van der Waals surface area contributed by atoms with E-state index in [0.717, 1.165) is 12.8 Å². The number of carbonyl (C=O) groups is 1. The van der Waals surface area contributed by atoms with E-state index >= 15 is 0 Å². The largest absolute Gasteiger partial charge is 0.470 e. The normalized spacial score (nSPS) is 18.0. The topological polar surface area (TPSA) is 68.2 Å². The van der Waals surface area contributed by atoms with Crippen molar-refractivity contribution in [1.29, 1.82) is 0 Å². The SMILES string of the molecule is O=C(c1ccnnc1)N1CCC[C@@H](Oc2ncccc2F)C1. The number of halogens is 1. The lowest BCUT2D eigenvalue weighted by Crippen LogP contribution is -2.44. The van der Waals surface area contributed by atoms with Crippen LogP contribution in [0.3, 0.4) is 0 Å². The van der Waals surface area contributed by atoms with Crippen molar-refractivity contribution >= 4 is 5.91 Å². The van der Waals surface area contributed by atoms with E-state index in [9.17, 15) is 9.18 Å². The van der Waals surface area contributed by atoms with Crippen LogP contribution in [0.5, 0.6) is 5.88 Å². The summed E-state index contributed by atoms with van der Waals surface area (Å²) in [6, 6.07) is 4.43. The monoisotopic (exact) mass is 302 g/mol. The first kappa shape index (κ1) is 14.4. The Morgan fingerprint density at radius 3 is 3.00 bits per heavy atom. The van der Waals surface area contributed by atoms with Crippen molar-refractivity contribution in [3.8, 4) is 5.88 Å². The summed E-state index contributed by atoms with van der Waals surface area (Å²) < 4.78 is 19.2. The number of aromatic nitrogens is 3. The summed E-state index contributed by atoms with van der Waals surface area (Å²) in [5.74, 6) is -0.638. The first-order valence-corrected chi connectivity index (χ1v) is 7.07. The maximum Gasteiger partial charge on any atom is 0.255 e. The van der Waals surface area contributed by atoms with Gasteiger partial charge >= 0.3 is 0 Å². The average Bonchev–Trinajstić information content (AvgIpc) is 2.57. The fourth-order valence-corrected chi connectivity index (χ4v) is 2.43. The summed E-state index contributed by atoms with van der Waals surface area (Å²) in [4.78, 5) is 17.9. The van der Waals surface area contributed by atoms with E-state index in [1.807, 2.05) is 0 Å². The zero-order chi connectivity index (χ0) is 15.4. The second-order valence-electron chi connectivity index (χ2n) is 5.05. The Morgan fingerprint density at radius 2 is 2.23 bits per heavy atom. The molecule has 1 aliphatic rings. The highest BCUT2D eigenvalue weighted by Gasteiger charge is 2.26. The van der Waals surface area contributed by atoms with Gasteiger partial charge in [-0.2, -0.15) is 10.2 Å². The van der Waals surface area contributed by atoms with Crippen molar-refractivity contribution in [1.82, 2.24) is 20.1 Å². The van der Waals surface area contributed by atoms with Gasteiger partial charge < -0.3 is 9.64 Å². The number of likely N-dealkylation sites (tertiary alicyclic amines) is 1. The van der Waals surface area contributed by atoms with E-state index < -0.39 is 5.82 Å². The number of amides is 1. The van der Waals surface area contributed by atoms with Gasteiger partial charge in [0.25, 0.3) is 11.8 Å². The summed E-state index contributed by atoms with van der Waals surface area (Å²) in [7, 11) is 0. The maximum atomic E-state index is 13.6. The van der Waals surface area contributed by atoms with Crippen molar-refractivity contribution in [2.45, 2.75) is 18.9 Å². The fourth-order valence-electron chi connectivity index (χ4n) is 2.43. The summed E-state index contributed by atoms with van der Waals surface area (Å²) >= 11 is 0. The summed E-state index contributed by atoms with van der Waals surface area (Å²) in [5.41, 5.74) is 0.486. The molecule has 1 atom stereocenters. The lowest BCUT2D eigenvalue weighted by atomic mass is 10.1. The molecule has 1 fully saturated rings. The van der Waals surface area contributed by atoms with Crippen LogP contribution < -0.4 is 4.74 Å². The molecule has 0 unspecified atom stereocenters. The number of hydrogen-bond donors (Lipinski definition) is 0. The lowest BCUT2D eigenvalue weighted by molar-refractivity contribution is 0.0517. The third-order valence-corrected chi connectivity index (χ3v) is 3.50. The van der Waals surface area contributed by atoms with Crippen LogP contribution in [0, 0.1) is 5.82 Å². The third kappa shape index (κ3) is 3.19. The maximum absolute atomic E-state index is 13.6. The van der Waals surface area contributed by atoms with Crippen molar-refractivity contribution < 1.29 is 13.9 Å². The molecular weight excluding hydrogens is 287 g/mol. The predicted molar refractivity (Wildman–Crippen MR) is 75.8 cm³/mol. The molecule has 0 aromatic carbocycles. The summed E-state index contributed by atoms with van der Waals surface area (Å²) in [6.45, 7) is 1.04. The van der Waals surface area contributed by atoms with Gasteiger partial charge in [0, 0.05) is 12.7 Å². The summed E-state index contributed by atoms with van der Waals surface area (Å²) in [5, 5.41) is 7.37. The Morgan fingerprint density at radius 1 is 1.32 bits per heavy atom. The zero-order valence-electron chi connectivity index (χ0n) is 11.9.